The normalized spacial score (nSPS) is 21.0. The summed E-state index contributed by atoms with van der Waals surface area (Å²) in [6.07, 6.45) is 0.139. The van der Waals surface area contributed by atoms with Gasteiger partial charge in [-0.2, -0.15) is 4.98 Å². The molecule has 0 spiro atoms. The molecule has 0 bridgehead atoms. The summed E-state index contributed by atoms with van der Waals surface area (Å²) in [5.41, 5.74) is 1.07. The molecule has 0 saturated carbocycles. The monoisotopic (exact) mass is 313 g/mol. The average molecular weight is 314 g/mol. The zero-order valence-corrected chi connectivity index (χ0v) is 12.4. The number of benzene rings is 1. The molecule has 1 fully saturated rings. The number of alkyl halides is 1. The van der Waals surface area contributed by atoms with Crippen LogP contribution in [-0.2, 0) is 6.42 Å². The summed E-state index contributed by atoms with van der Waals surface area (Å²) < 4.78 is 23.4. The van der Waals surface area contributed by atoms with Gasteiger partial charge >= 0.3 is 0 Å². The molecule has 114 valence electrons. The van der Waals surface area contributed by atoms with E-state index in [9.17, 15) is 4.39 Å². The smallest absolute Gasteiger partial charge is 0.243 e. The largest absolute Gasteiger partial charge is 0.497 e. The molecule has 0 unspecified atom stereocenters. The van der Waals surface area contributed by atoms with Crippen molar-refractivity contribution in [3.05, 3.63) is 41.5 Å². The lowest BCUT2D eigenvalue weighted by atomic mass is 10.1. The summed E-state index contributed by atoms with van der Waals surface area (Å²) in [7, 11) is 1.63. The van der Waals surface area contributed by atoms with Gasteiger partial charge in [-0.1, -0.05) is 17.3 Å². The van der Waals surface area contributed by atoms with Crippen molar-refractivity contribution in [1.29, 1.82) is 0 Å². The Labute approximate surface area is 128 Å². The van der Waals surface area contributed by atoms with Gasteiger partial charge in [0, 0.05) is 19.4 Å². The number of halogens is 2. The van der Waals surface area contributed by atoms with Gasteiger partial charge in [0.2, 0.25) is 5.89 Å². The molecule has 5 nitrogen and oxygen atoms in total. The first-order valence-corrected chi connectivity index (χ1v) is 6.57. The number of aromatic nitrogens is 2. The van der Waals surface area contributed by atoms with Gasteiger partial charge in [-0.05, 0) is 17.7 Å². The van der Waals surface area contributed by atoms with Crippen LogP contribution in [0.4, 0.5) is 4.39 Å². The maximum absolute atomic E-state index is 13.1. The molecule has 2 atom stereocenters. The Hall–Kier alpha value is -1.66. The molecule has 1 aliphatic heterocycles. The molecule has 1 saturated heterocycles. The van der Waals surface area contributed by atoms with Gasteiger partial charge in [0.25, 0.3) is 0 Å². The van der Waals surface area contributed by atoms with Gasteiger partial charge in [-0.3, -0.25) is 0 Å². The molecule has 0 aliphatic carbocycles. The van der Waals surface area contributed by atoms with E-state index in [-0.39, 0.29) is 18.4 Å². The summed E-state index contributed by atoms with van der Waals surface area (Å²) in [4.78, 5) is 4.33. The van der Waals surface area contributed by atoms with Gasteiger partial charge in [0.1, 0.15) is 11.9 Å². The van der Waals surface area contributed by atoms with Crippen molar-refractivity contribution >= 4 is 12.4 Å². The third-order valence-electron chi connectivity index (χ3n) is 3.38. The number of hydrogen-bond acceptors (Lipinski definition) is 5. The Balaban J connectivity index is 0.00000161. The van der Waals surface area contributed by atoms with Crippen molar-refractivity contribution in [1.82, 2.24) is 15.5 Å². The van der Waals surface area contributed by atoms with E-state index in [1.165, 1.54) is 0 Å². The third-order valence-corrected chi connectivity index (χ3v) is 3.38. The maximum atomic E-state index is 13.1. The second-order valence-electron chi connectivity index (χ2n) is 4.87. The molecule has 2 heterocycles. The van der Waals surface area contributed by atoms with Gasteiger partial charge < -0.3 is 14.6 Å². The highest BCUT2D eigenvalue weighted by Gasteiger charge is 2.29. The Bertz CT molecular complexity index is 576. The van der Waals surface area contributed by atoms with Gasteiger partial charge in [-0.15, -0.1) is 12.4 Å². The quantitative estimate of drug-likeness (QED) is 0.939. The molecular weight excluding hydrogens is 297 g/mol. The summed E-state index contributed by atoms with van der Waals surface area (Å²) in [5, 5.41) is 6.97. The molecule has 2 aromatic rings. The first kappa shape index (κ1) is 15.7. The van der Waals surface area contributed by atoms with Gasteiger partial charge in [-0.25, -0.2) is 4.39 Å². The van der Waals surface area contributed by atoms with Crippen LogP contribution in [0.3, 0.4) is 0 Å². The number of methoxy groups -OCH3 is 1. The summed E-state index contributed by atoms with van der Waals surface area (Å²) in [6.45, 7) is 0.348. The molecule has 0 amide bonds. The predicted octanol–water partition coefficient (Wildman–Crippen LogP) is 2.46. The number of nitrogens with zero attached hydrogens (tertiary/aromatic N) is 2. The number of nitrogens with one attached hydrogen (secondary N) is 1. The van der Waals surface area contributed by atoms with E-state index in [0.29, 0.717) is 31.1 Å². The fourth-order valence-corrected chi connectivity index (χ4v) is 2.29. The van der Waals surface area contributed by atoms with Crippen molar-refractivity contribution < 1.29 is 13.7 Å². The minimum atomic E-state index is -0.836. The summed E-state index contributed by atoms with van der Waals surface area (Å²) >= 11 is 0. The first-order valence-electron chi connectivity index (χ1n) is 6.57. The second kappa shape index (κ2) is 6.87. The predicted molar refractivity (Wildman–Crippen MR) is 77.6 cm³/mol. The SMILES string of the molecule is COc1ccc(Cc2noc([C@H]3C[C@H](F)CN3)n2)cc1.Cl. The zero-order chi connectivity index (χ0) is 13.9. The summed E-state index contributed by atoms with van der Waals surface area (Å²) in [6, 6.07) is 7.54. The van der Waals surface area contributed by atoms with E-state index in [1.54, 1.807) is 7.11 Å². The minimum absolute atomic E-state index is 0. The van der Waals surface area contributed by atoms with Crippen LogP contribution >= 0.6 is 12.4 Å². The number of hydrogen-bond donors (Lipinski definition) is 1. The fraction of sp³-hybridized carbons (Fsp3) is 0.429. The van der Waals surface area contributed by atoms with Crippen LogP contribution in [0, 0.1) is 0 Å². The van der Waals surface area contributed by atoms with E-state index in [2.05, 4.69) is 15.5 Å². The van der Waals surface area contributed by atoms with Crippen molar-refractivity contribution in [2.24, 2.45) is 0 Å². The lowest BCUT2D eigenvalue weighted by Gasteiger charge is -2.01. The Morgan fingerprint density at radius 1 is 1.38 bits per heavy atom. The van der Waals surface area contributed by atoms with Crippen molar-refractivity contribution in [2.45, 2.75) is 25.1 Å². The Kier molecular flexibility index (Phi) is 5.14. The molecule has 1 aliphatic rings. The number of ether oxygens (including phenoxy) is 1. The third kappa shape index (κ3) is 3.71. The lowest BCUT2D eigenvalue weighted by molar-refractivity contribution is 0.322. The van der Waals surface area contributed by atoms with Crippen LogP contribution in [0.5, 0.6) is 5.75 Å². The maximum Gasteiger partial charge on any atom is 0.243 e. The highest BCUT2D eigenvalue weighted by Crippen LogP contribution is 2.24. The molecule has 1 N–H and O–H groups in total. The van der Waals surface area contributed by atoms with Gasteiger partial charge in [0.15, 0.2) is 5.82 Å². The first-order chi connectivity index (χ1) is 9.74. The van der Waals surface area contributed by atoms with Crippen molar-refractivity contribution in [2.75, 3.05) is 13.7 Å². The highest BCUT2D eigenvalue weighted by molar-refractivity contribution is 5.85. The van der Waals surface area contributed by atoms with Crippen molar-refractivity contribution in [3.8, 4) is 5.75 Å². The molecule has 1 aromatic carbocycles. The van der Waals surface area contributed by atoms with Crippen LogP contribution < -0.4 is 10.1 Å². The van der Waals surface area contributed by atoms with E-state index in [1.807, 2.05) is 24.3 Å². The van der Waals surface area contributed by atoms with Crippen LogP contribution in [0.2, 0.25) is 0 Å². The van der Waals surface area contributed by atoms with Crippen LogP contribution in [-0.4, -0.2) is 30.0 Å². The second-order valence-corrected chi connectivity index (χ2v) is 4.87. The van der Waals surface area contributed by atoms with Crippen LogP contribution in [0.1, 0.15) is 29.7 Å². The topological polar surface area (TPSA) is 60.2 Å². The number of rotatable bonds is 4. The van der Waals surface area contributed by atoms with E-state index < -0.39 is 6.17 Å². The molecule has 0 radical (unpaired) electrons. The Morgan fingerprint density at radius 2 is 2.14 bits per heavy atom. The van der Waals surface area contributed by atoms with Crippen LogP contribution in [0.15, 0.2) is 28.8 Å². The van der Waals surface area contributed by atoms with Crippen molar-refractivity contribution in [3.63, 3.8) is 0 Å². The lowest BCUT2D eigenvalue weighted by Crippen LogP contribution is -2.14. The fourth-order valence-electron chi connectivity index (χ4n) is 2.29. The average Bonchev–Trinajstić information content (AvgIpc) is 3.09. The van der Waals surface area contributed by atoms with E-state index in [4.69, 9.17) is 9.26 Å². The van der Waals surface area contributed by atoms with E-state index in [0.717, 1.165) is 11.3 Å². The molecule has 21 heavy (non-hydrogen) atoms. The van der Waals surface area contributed by atoms with Crippen LogP contribution in [0.25, 0.3) is 0 Å². The highest BCUT2D eigenvalue weighted by atomic mass is 35.5. The minimum Gasteiger partial charge on any atom is -0.497 e. The Morgan fingerprint density at radius 3 is 2.76 bits per heavy atom. The van der Waals surface area contributed by atoms with Gasteiger partial charge in [0.05, 0.1) is 13.2 Å². The summed E-state index contributed by atoms with van der Waals surface area (Å²) in [5.74, 6) is 1.88. The molecular formula is C14H17ClFN3O2. The zero-order valence-electron chi connectivity index (χ0n) is 11.6. The molecule has 7 heteroatoms. The molecule has 1 aromatic heterocycles. The standard InChI is InChI=1S/C14H16FN3O2.ClH/c1-19-11-4-2-9(3-5-11)6-13-17-14(20-18-13)12-7-10(15)8-16-12;/h2-5,10,12,16H,6-8H2,1H3;1H/t10-,12+;/m0./s1. The molecule has 3 rings (SSSR count). The van der Waals surface area contributed by atoms with E-state index >= 15 is 0 Å².